The first-order valence-electron chi connectivity index (χ1n) is 11.3. The maximum absolute atomic E-state index is 4.94. The molecule has 0 unspecified atom stereocenters. The van der Waals surface area contributed by atoms with Crippen LogP contribution in [0.25, 0.3) is 0 Å². The highest BCUT2D eigenvalue weighted by Crippen LogP contribution is 2.33. The summed E-state index contributed by atoms with van der Waals surface area (Å²) in [6, 6.07) is 8.72. The van der Waals surface area contributed by atoms with Crippen LogP contribution in [0.2, 0.25) is 0 Å². The third-order valence-corrected chi connectivity index (χ3v) is 6.23. The largest absolute Gasteiger partial charge is 0.341 e. The second-order valence-corrected chi connectivity index (χ2v) is 10.2. The summed E-state index contributed by atoms with van der Waals surface area (Å²) in [4.78, 5) is 19.0. The van der Waals surface area contributed by atoms with Crippen molar-refractivity contribution in [1.82, 2.24) is 25.2 Å². The number of anilines is 1. The zero-order valence-corrected chi connectivity index (χ0v) is 18.9. The van der Waals surface area contributed by atoms with Gasteiger partial charge in [0.1, 0.15) is 0 Å². The molecule has 2 fully saturated rings. The predicted molar refractivity (Wildman–Crippen MR) is 121 cm³/mol. The van der Waals surface area contributed by atoms with E-state index in [0.29, 0.717) is 6.04 Å². The summed E-state index contributed by atoms with van der Waals surface area (Å²) < 4.78 is 0. The van der Waals surface area contributed by atoms with Crippen LogP contribution in [-0.2, 0) is 13.1 Å². The Morgan fingerprint density at radius 2 is 1.63 bits per heavy atom. The Bertz CT molecular complexity index is 813. The molecule has 0 aromatic carbocycles. The minimum absolute atomic E-state index is 0.0984. The molecule has 4 rings (SSSR count). The molecule has 2 aromatic rings. The molecule has 4 heterocycles. The average molecular weight is 409 g/mol. The van der Waals surface area contributed by atoms with Gasteiger partial charge in [-0.25, -0.2) is 9.97 Å². The molecular formula is C24H36N6. The summed E-state index contributed by atoms with van der Waals surface area (Å²) in [7, 11) is 0. The summed E-state index contributed by atoms with van der Waals surface area (Å²) in [5.41, 5.74) is 2.40. The summed E-state index contributed by atoms with van der Waals surface area (Å²) in [6.45, 7) is 13.0. The van der Waals surface area contributed by atoms with Crippen LogP contribution in [0.1, 0.15) is 64.8 Å². The van der Waals surface area contributed by atoms with E-state index < -0.39 is 0 Å². The van der Waals surface area contributed by atoms with E-state index in [1.54, 1.807) is 0 Å². The Balaban J connectivity index is 1.58. The van der Waals surface area contributed by atoms with E-state index in [9.17, 15) is 0 Å². The van der Waals surface area contributed by atoms with Crippen molar-refractivity contribution in [3.05, 3.63) is 48.0 Å². The first-order valence-corrected chi connectivity index (χ1v) is 11.3. The zero-order chi connectivity index (χ0) is 21.2. The number of hydrogen-bond donors (Lipinski definition) is 1. The van der Waals surface area contributed by atoms with Gasteiger partial charge < -0.3 is 10.2 Å². The third kappa shape index (κ3) is 5.35. The second kappa shape index (κ2) is 8.60. The van der Waals surface area contributed by atoms with Crippen molar-refractivity contribution in [3.63, 3.8) is 0 Å². The smallest absolute Gasteiger partial charge is 0.225 e. The molecule has 2 aliphatic rings. The Hall–Kier alpha value is -2.05. The number of pyridine rings is 1. The van der Waals surface area contributed by atoms with Crippen molar-refractivity contribution in [1.29, 1.82) is 0 Å². The van der Waals surface area contributed by atoms with Gasteiger partial charge in [-0.2, -0.15) is 0 Å². The number of aromatic nitrogens is 3. The van der Waals surface area contributed by atoms with Gasteiger partial charge in [0.15, 0.2) is 0 Å². The standard InChI is InChI=1S/C24H36N6/c1-23(2)15-21(16-24(3,4)28-23)30(17-19-9-5-6-11-25-19)18-20-10-12-26-22(27-20)29-13-7-8-14-29/h5-6,9-12,21,28H,7-8,13-18H2,1-4H3. The molecule has 0 aliphatic carbocycles. The van der Waals surface area contributed by atoms with Crippen molar-refractivity contribution in [2.24, 2.45) is 0 Å². The summed E-state index contributed by atoms with van der Waals surface area (Å²) in [5.74, 6) is 0.883. The van der Waals surface area contributed by atoms with Crippen LogP contribution in [0.4, 0.5) is 5.95 Å². The number of rotatable bonds is 6. The van der Waals surface area contributed by atoms with Gasteiger partial charge in [0.25, 0.3) is 0 Å². The zero-order valence-electron chi connectivity index (χ0n) is 18.9. The molecule has 30 heavy (non-hydrogen) atoms. The van der Waals surface area contributed by atoms with Gasteiger partial charge in [0.05, 0.1) is 11.4 Å². The van der Waals surface area contributed by atoms with Crippen LogP contribution in [0.3, 0.4) is 0 Å². The lowest BCUT2D eigenvalue weighted by Gasteiger charge is -2.49. The van der Waals surface area contributed by atoms with E-state index in [2.05, 4.69) is 71.0 Å². The van der Waals surface area contributed by atoms with Gasteiger partial charge in [-0.05, 0) is 71.6 Å². The Labute approximate surface area is 181 Å². The molecule has 6 nitrogen and oxygen atoms in total. The van der Waals surface area contributed by atoms with Crippen molar-refractivity contribution in [2.75, 3.05) is 18.0 Å². The molecule has 0 bridgehead atoms. The van der Waals surface area contributed by atoms with Gasteiger partial charge in [-0.1, -0.05) is 6.07 Å². The minimum atomic E-state index is 0.0984. The van der Waals surface area contributed by atoms with E-state index >= 15 is 0 Å². The van der Waals surface area contributed by atoms with E-state index in [1.165, 1.54) is 12.8 Å². The maximum Gasteiger partial charge on any atom is 0.225 e. The Kier molecular flexibility index (Phi) is 6.07. The molecule has 2 saturated heterocycles. The van der Waals surface area contributed by atoms with E-state index in [-0.39, 0.29) is 11.1 Å². The maximum atomic E-state index is 4.94. The summed E-state index contributed by atoms with van der Waals surface area (Å²) in [6.07, 6.45) is 8.49. The molecule has 0 radical (unpaired) electrons. The molecule has 1 N–H and O–H groups in total. The number of piperidine rings is 1. The van der Waals surface area contributed by atoms with Crippen LogP contribution in [0, 0.1) is 0 Å². The fourth-order valence-electron chi connectivity index (χ4n) is 5.29. The van der Waals surface area contributed by atoms with E-state index in [1.807, 2.05) is 18.5 Å². The van der Waals surface area contributed by atoms with Crippen molar-refractivity contribution in [2.45, 2.75) is 83.6 Å². The SMILES string of the molecule is CC1(C)CC(N(Cc2ccccn2)Cc2ccnc(N3CCCC3)n2)CC(C)(C)N1. The third-order valence-electron chi connectivity index (χ3n) is 6.23. The number of nitrogens with zero attached hydrogens (tertiary/aromatic N) is 5. The Morgan fingerprint density at radius 3 is 2.30 bits per heavy atom. The van der Waals surface area contributed by atoms with Crippen LogP contribution >= 0.6 is 0 Å². The molecule has 0 spiro atoms. The molecule has 0 atom stereocenters. The minimum Gasteiger partial charge on any atom is -0.341 e. The van der Waals surface area contributed by atoms with Gasteiger partial charge in [-0.3, -0.25) is 9.88 Å². The van der Waals surface area contributed by atoms with Gasteiger partial charge in [0, 0.05) is 55.7 Å². The lowest BCUT2D eigenvalue weighted by Crippen LogP contribution is -2.62. The number of hydrogen-bond acceptors (Lipinski definition) is 6. The molecule has 6 heteroatoms. The van der Waals surface area contributed by atoms with Crippen molar-refractivity contribution >= 4 is 5.95 Å². The number of nitrogens with one attached hydrogen (secondary N) is 1. The van der Waals surface area contributed by atoms with E-state index in [0.717, 1.165) is 56.4 Å². The molecule has 162 valence electrons. The van der Waals surface area contributed by atoms with Crippen molar-refractivity contribution in [3.8, 4) is 0 Å². The second-order valence-electron chi connectivity index (χ2n) is 10.2. The van der Waals surface area contributed by atoms with Crippen LogP contribution in [0.15, 0.2) is 36.7 Å². The van der Waals surface area contributed by atoms with Gasteiger partial charge >= 0.3 is 0 Å². The first kappa shape index (κ1) is 21.2. The highest BCUT2D eigenvalue weighted by atomic mass is 15.3. The highest BCUT2D eigenvalue weighted by Gasteiger charge is 2.40. The van der Waals surface area contributed by atoms with Crippen molar-refractivity contribution < 1.29 is 0 Å². The van der Waals surface area contributed by atoms with Crippen LogP contribution < -0.4 is 10.2 Å². The molecule has 0 saturated carbocycles. The van der Waals surface area contributed by atoms with E-state index in [4.69, 9.17) is 4.98 Å². The highest BCUT2D eigenvalue weighted by molar-refractivity contribution is 5.31. The summed E-state index contributed by atoms with van der Waals surface area (Å²) in [5, 5.41) is 3.82. The normalized spacial score (nSPS) is 21.3. The van der Waals surface area contributed by atoms with Crippen LogP contribution in [-0.4, -0.2) is 50.1 Å². The fourth-order valence-corrected chi connectivity index (χ4v) is 5.29. The Morgan fingerprint density at radius 1 is 0.933 bits per heavy atom. The molecule has 2 aliphatic heterocycles. The molecule has 2 aromatic heterocycles. The monoisotopic (exact) mass is 408 g/mol. The molecule has 0 amide bonds. The molecular weight excluding hydrogens is 372 g/mol. The fraction of sp³-hybridized carbons (Fsp3) is 0.625. The van der Waals surface area contributed by atoms with Crippen LogP contribution in [0.5, 0.6) is 0 Å². The summed E-state index contributed by atoms with van der Waals surface area (Å²) >= 11 is 0. The lowest BCUT2D eigenvalue weighted by atomic mass is 9.79. The first-order chi connectivity index (χ1) is 14.3. The van der Waals surface area contributed by atoms with Gasteiger partial charge in [0.2, 0.25) is 5.95 Å². The van der Waals surface area contributed by atoms with Gasteiger partial charge in [-0.15, -0.1) is 0 Å². The topological polar surface area (TPSA) is 57.2 Å². The quantitative estimate of drug-likeness (QED) is 0.785. The lowest BCUT2D eigenvalue weighted by molar-refractivity contribution is 0.0548. The predicted octanol–water partition coefficient (Wildman–Crippen LogP) is 3.78. The average Bonchev–Trinajstić information content (AvgIpc) is 3.21.